The number of anilines is 2. The summed E-state index contributed by atoms with van der Waals surface area (Å²) in [5, 5.41) is 24.0. The second kappa shape index (κ2) is 21.0. The van der Waals surface area contributed by atoms with Crippen LogP contribution in [-0.4, -0.2) is 87.1 Å². The lowest BCUT2D eigenvalue weighted by Gasteiger charge is -2.23. The molecule has 4 N–H and O–H groups in total. The Morgan fingerprint density at radius 1 is 0.562 bits per heavy atom. The van der Waals surface area contributed by atoms with Crippen molar-refractivity contribution in [2.24, 2.45) is 0 Å². The third-order valence-corrected chi connectivity index (χ3v) is 11.7. The van der Waals surface area contributed by atoms with Crippen LogP contribution in [0, 0.1) is 0 Å². The maximum Gasteiger partial charge on any atom is 0.272 e. The molecule has 2 fully saturated rings. The third-order valence-electron chi connectivity index (χ3n) is 11.1. The fraction of sp³-hybridized carbons (Fsp3) is 0.250. The molecule has 0 radical (unpaired) electrons. The van der Waals surface area contributed by atoms with E-state index in [0.29, 0.717) is 60.8 Å². The van der Waals surface area contributed by atoms with Crippen molar-refractivity contribution in [3.8, 4) is 0 Å². The van der Waals surface area contributed by atoms with Crippen LogP contribution in [0.5, 0.6) is 0 Å². The van der Waals surface area contributed by atoms with Gasteiger partial charge in [0.25, 0.3) is 23.6 Å². The SMILES string of the molecule is O=C(NC1CCOCC1)c1ncccc1NC(=O)c1ccc(CBr)c2ccccc12.O=C(NC1CCOCC1)c1ncccc1NC(=O)c1ccc(Cn2ccnn2)c2ccccc12. The van der Waals surface area contributed by atoms with Crippen LogP contribution in [0.3, 0.4) is 0 Å². The number of alkyl halides is 1. The highest BCUT2D eigenvalue weighted by molar-refractivity contribution is 9.08. The van der Waals surface area contributed by atoms with Gasteiger partial charge >= 0.3 is 0 Å². The molecule has 9 rings (SSSR count). The Hall–Kier alpha value is -6.88. The molecule has 0 bridgehead atoms. The molecule has 4 aromatic carbocycles. The number of nitrogens with one attached hydrogen (secondary N) is 4. The van der Waals surface area contributed by atoms with Gasteiger partial charge in [0.15, 0.2) is 11.4 Å². The Morgan fingerprint density at radius 2 is 1.03 bits per heavy atom. The minimum atomic E-state index is -0.309. The molecule has 326 valence electrons. The number of nitrogens with zero attached hydrogens (tertiary/aromatic N) is 5. The Balaban J connectivity index is 0.000000176. The van der Waals surface area contributed by atoms with Crippen LogP contribution in [0.25, 0.3) is 21.5 Å². The van der Waals surface area contributed by atoms with Crippen LogP contribution in [0.4, 0.5) is 11.4 Å². The summed E-state index contributed by atoms with van der Waals surface area (Å²) in [7, 11) is 0. The van der Waals surface area contributed by atoms with Crippen molar-refractivity contribution in [3.05, 3.63) is 155 Å². The Kier molecular flexibility index (Phi) is 14.4. The van der Waals surface area contributed by atoms with Gasteiger partial charge in [0.05, 0.1) is 24.1 Å². The lowest BCUT2D eigenvalue weighted by atomic mass is 9.99. The lowest BCUT2D eigenvalue weighted by molar-refractivity contribution is 0.0688. The quantitative estimate of drug-likeness (QED) is 0.0956. The maximum atomic E-state index is 13.3. The van der Waals surface area contributed by atoms with E-state index in [1.807, 2.05) is 66.7 Å². The van der Waals surface area contributed by atoms with Gasteiger partial charge in [-0.2, -0.15) is 0 Å². The van der Waals surface area contributed by atoms with Crippen molar-refractivity contribution in [3.63, 3.8) is 0 Å². The Labute approximate surface area is 377 Å². The Bertz CT molecular complexity index is 2770. The number of hydrogen-bond donors (Lipinski definition) is 4. The molecular formula is C48H46BrN9O6. The highest BCUT2D eigenvalue weighted by Gasteiger charge is 2.23. The van der Waals surface area contributed by atoms with Crippen molar-refractivity contribution in [1.29, 1.82) is 0 Å². The average Bonchev–Trinajstić information content (AvgIpc) is 3.85. The van der Waals surface area contributed by atoms with Crippen molar-refractivity contribution in [2.45, 2.75) is 49.6 Å². The molecule has 0 saturated carbocycles. The summed E-state index contributed by atoms with van der Waals surface area (Å²) in [4.78, 5) is 60.5. The highest BCUT2D eigenvalue weighted by atomic mass is 79.9. The number of amides is 4. The van der Waals surface area contributed by atoms with Crippen LogP contribution in [0.2, 0.25) is 0 Å². The zero-order chi connectivity index (χ0) is 44.3. The van der Waals surface area contributed by atoms with Crippen LogP contribution >= 0.6 is 15.9 Å². The molecule has 64 heavy (non-hydrogen) atoms. The minimum Gasteiger partial charge on any atom is -0.381 e. The number of carbonyl (C=O) groups excluding carboxylic acids is 4. The van der Waals surface area contributed by atoms with Crippen LogP contribution < -0.4 is 21.3 Å². The summed E-state index contributed by atoms with van der Waals surface area (Å²) in [6, 6.07) is 29.9. The first-order valence-electron chi connectivity index (χ1n) is 21.1. The summed E-state index contributed by atoms with van der Waals surface area (Å²) in [5.74, 6) is -1.19. The van der Waals surface area contributed by atoms with Crippen molar-refractivity contribution < 1.29 is 28.7 Å². The van der Waals surface area contributed by atoms with E-state index in [2.05, 4.69) is 57.5 Å². The number of ether oxygens (including phenoxy) is 2. The van der Waals surface area contributed by atoms with E-state index in [-0.39, 0.29) is 47.1 Å². The van der Waals surface area contributed by atoms with Gasteiger partial charge in [-0.25, -0.2) is 14.6 Å². The molecule has 0 atom stereocenters. The van der Waals surface area contributed by atoms with Gasteiger partial charge in [-0.1, -0.05) is 81.8 Å². The van der Waals surface area contributed by atoms with E-state index in [1.165, 1.54) is 0 Å². The monoisotopic (exact) mass is 923 g/mol. The fourth-order valence-corrected chi connectivity index (χ4v) is 8.30. The van der Waals surface area contributed by atoms with E-state index in [0.717, 1.165) is 58.4 Å². The molecule has 0 unspecified atom stereocenters. The molecule has 0 aliphatic carbocycles. The second-order valence-electron chi connectivity index (χ2n) is 15.3. The van der Waals surface area contributed by atoms with Gasteiger partial charge in [-0.15, -0.1) is 5.10 Å². The summed E-state index contributed by atoms with van der Waals surface area (Å²) < 4.78 is 12.4. The summed E-state index contributed by atoms with van der Waals surface area (Å²) in [6.07, 6.45) is 9.58. The number of fused-ring (bicyclic) bond motifs is 2. The molecular weight excluding hydrogens is 878 g/mol. The van der Waals surface area contributed by atoms with Crippen LogP contribution in [0.15, 0.2) is 122 Å². The number of carbonyl (C=O) groups is 4. The molecule has 5 heterocycles. The second-order valence-corrected chi connectivity index (χ2v) is 15.9. The van der Waals surface area contributed by atoms with Gasteiger partial charge in [-0.3, -0.25) is 19.2 Å². The molecule has 0 spiro atoms. The van der Waals surface area contributed by atoms with Crippen LogP contribution in [-0.2, 0) is 21.3 Å². The predicted molar refractivity (Wildman–Crippen MR) is 247 cm³/mol. The largest absolute Gasteiger partial charge is 0.381 e. The number of rotatable bonds is 11. The summed E-state index contributed by atoms with van der Waals surface area (Å²) in [5.41, 5.74) is 4.35. The van der Waals surface area contributed by atoms with Crippen molar-refractivity contribution >= 4 is 72.5 Å². The van der Waals surface area contributed by atoms with Crippen molar-refractivity contribution in [1.82, 2.24) is 35.6 Å². The number of halogens is 1. The maximum absolute atomic E-state index is 13.3. The van der Waals surface area contributed by atoms with E-state index >= 15 is 0 Å². The van der Waals surface area contributed by atoms with E-state index < -0.39 is 0 Å². The minimum absolute atomic E-state index is 0.0354. The van der Waals surface area contributed by atoms with E-state index in [4.69, 9.17) is 9.47 Å². The highest BCUT2D eigenvalue weighted by Crippen LogP contribution is 2.27. The fourth-order valence-electron chi connectivity index (χ4n) is 7.81. The zero-order valence-corrected chi connectivity index (χ0v) is 36.4. The topological polar surface area (TPSA) is 191 Å². The van der Waals surface area contributed by atoms with Gasteiger partial charge in [0.1, 0.15) is 0 Å². The summed E-state index contributed by atoms with van der Waals surface area (Å²) in [6.45, 7) is 3.05. The standard InChI is InChI=1S/C25H24N6O3.C23H22BrN3O3/c32-24(29-22-6-3-11-26-23(22)25(33)28-18-9-14-34-15-10-18)21-8-7-17(16-31-13-12-27-30-31)19-4-1-2-5-20(19)21;24-14-15-7-8-19(18-5-2-1-4-17(15)18)22(28)27-20-6-3-11-25-21(20)23(29)26-16-9-12-30-13-10-16/h1-8,11-13,18H,9-10,14-16H2,(H,28,33)(H,29,32);1-8,11,16H,9-10,12-14H2,(H,26,29)(H,27,28). The van der Waals surface area contributed by atoms with Gasteiger partial charge in [0.2, 0.25) is 0 Å². The van der Waals surface area contributed by atoms with Crippen LogP contribution in [0.1, 0.15) is 78.5 Å². The molecule has 3 aromatic heterocycles. The molecule has 2 aliphatic rings. The smallest absolute Gasteiger partial charge is 0.272 e. The molecule has 7 aromatic rings. The van der Waals surface area contributed by atoms with Gasteiger partial charge in [0, 0.05) is 73.6 Å². The summed E-state index contributed by atoms with van der Waals surface area (Å²) >= 11 is 3.50. The first kappa shape index (κ1) is 43.8. The van der Waals surface area contributed by atoms with Gasteiger partial charge < -0.3 is 30.7 Å². The molecule has 4 amide bonds. The molecule has 2 aliphatic heterocycles. The Morgan fingerprint density at radius 3 is 1.50 bits per heavy atom. The third kappa shape index (κ3) is 10.5. The first-order chi connectivity index (χ1) is 31.4. The number of pyridine rings is 2. The van der Waals surface area contributed by atoms with E-state index in [9.17, 15) is 19.2 Å². The number of hydrogen-bond acceptors (Lipinski definition) is 10. The van der Waals surface area contributed by atoms with E-state index in [1.54, 1.807) is 59.8 Å². The lowest BCUT2D eigenvalue weighted by Crippen LogP contribution is -2.39. The first-order valence-corrected chi connectivity index (χ1v) is 22.2. The van der Waals surface area contributed by atoms with Gasteiger partial charge in [-0.05, 0) is 94.8 Å². The number of benzene rings is 4. The number of aromatic nitrogens is 5. The average molecular weight is 925 g/mol. The molecule has 2 saturated heterocycles. The normalized spacial score (nSPS) is 14.3. The van der Waals surface area contributed by atoms with Crippen molar-refractivity contribution in [2.75, 3.05) is 37.1 Å². The molecule has 16 heteroatoms. The molecule has 15 nitrogen and oxygen atoms in total. The zero-order valence-electron chi connectivity index (χ0n) is 34.8. The predicted octanol–water partition coefficient (Wildman–Crippen LogP) is 7.33.